The van der Waals surface area contributed by atoms with Crippen molar-refractivity contribution in [2.24, 2.45) is 0 Å². The highest BCUT2D eigenvalue weighted by atomic mass is 79.9. The normalized spacial score (nSPS) is 11.9. The van der Waals surface area contributed by atoms with E-state index in [1.807, 2.05) is 60.9 Å². The van der Waals surface area contributed by atoms with Crippen LogP contribution in [0.5, 0.6) is 11.5 Å². The molecular weight excluding hydrogens is 472 g/mol. The monoisotopic (exact) mass is 492 g/mol. The molecule has 8 nitrogen and oxygen atoms in total. The van der Waals surface area contributed by atoms with Gasteiger partial charge >= 0.3 is 0 Å². The minimum atomic E-state index is -0.514. The molecular formula is C20H21BrN4O4S. The summed E-state index contributed by atoms with van der Waals surface area (Å²) in [4.78, 5) is 11.1. The van der Waals surface area contributed by atoms with Crippen LogP contribution >= 0.6 is 27.7 Å². The first kappa shape index (κ1) is 22.1. The fraction of sp³-hybridized carbons (Fsp3) is 0.300. The number of aromatic nitrogens is 3. The zero-order valence-corrected chi connectivity index (χ0v) is 19.1. The maximum atomic E-state index is 11.4. The predicted molar refractivity (Wildman–Crippen MR) is 118 cm³/mol. The molecule has 0 unspecified atom stereocenters. The summed E-state index contributed by atoms with van der Waals surface area (Å²) in [6, 6.07) is 13.0. The molecule has 0 aliphatic heterocycles. The van der Waals surface area contributed by atoms with Gasteiger partial charge in [-0.3, -0.25) is 14.7 Å². The molecule has 0 fully saturated rings. The maximum absolute atomic E-state index is 11.4. The number of benzene rings is 2. The SMILES string of the molecule is CCOc1ccc(Br)cc1[C@H](C[N+](=O)[O-])Sc1nnc(C)n1-c1ccc(OC)cc1. The summed E-state index contributed by atoms with van der Waals surface area (Å²) in [7, 11) is 1.61. The quantitative estimate of drug-likeness (QED) is 0.239. The van der Waals surface area contributed by atoms with E-state index in [0.29, 0.717) is 23.3 Å². The second-order valence-electron chi connectivity index (χ2n) is 6.30. The minimum Gasteiger partial charge on any atom is -0.497 e. The Morgan fingerprint density at radius 1 is 1.23 bits per heavy atom. The smallest absolute Gasteiger partial charge is 0.220 e. The fourth-order valence-corrected chi connectivity index (χ4v) is 4.54. The Labute approximate surface area is 186 Å². The number of nitro groups is 1. The number of nitrogens with zero attached hydrogens (tertiary/aromatic N) is 4. The third kappa shape index (κ3) is 5.11. The van der Waals surface area contributed by atoms with E-state index in [1.54, 1.807) is 7.11 Å². The van der Waals surface area contributed by atoms with Gasteiger partial charge in [-0.2, -0.15) is 0 Å². The van der Waals surface area contributed by atoms with Gasteiger partial charge in [-0.25, -0.2) is 0 Å². The van der Waals surface area contributed by atoms with Gasteiger partial charge in [0.1, 0.15) is 22.6 Å². The summed E-state index contributed by atoms with van der Waals surface area (Å²) in [5.74, 6) is 2.04. The van der Waals surface area contributed by atoms with Crippen molar-refractivity contribution >= 4 is 27.7 Å². The molecule has 158 valence electrons. The van der Waals surface area contributed by atoms with Crippen LogP contribution in [0.2, 0.25) is 0 Å². The Bertz CT molecular complexity index is 1030. The third-order valence-corrected chi connectivity index (χ3v) is 5.96. The van der Waals surface area contributed by atoms with Crippen molar-refractivity contribution < 1.29 is 14.4 Å². The molecule has 0 bridgehead atoms. The number of hydrogen-bond acceptors (Lipinski definition) is 7. The van der Waals surface area contributed by atoms with Crippen LogP contribution in [-0.2, 0) is 0 Å². The van der Waals surface area contributed by atoms with Crippen molar-refractivity contribution in [1.82, 2.24) is 14.8 Å². The molecule has 2 aromatic carbocycles. The second kappa shape index (κ2) is 9.94. The van der Waals surface area contributed by atoms with Gasteiger partial charge in [0, 0.05) is 20.6 Å². The van der Waals surface area contributed by atoms with Crippen LogP contribution in [0.4, 0.5) is 0 Å². The highest BCUT2D eigenvalue weighted by Gasteiger charge is 2.26. The zero-order chi connectivity index (χ0) is 21.7. The molecule has 1 heterocycles. The Balaban J connectivity index is 2.01. The van der Waals surface area contributed by atoms with Crippen molar-refractivity contribution in [3.8, 4) is 17.2 Å². The Hall–Kier alpha value is -2.59. The number of thioether (sulfide) groups is 1. The first-order valence-electron chi connectivity index (χ1n) is 9.20. The van der Waals surface area contributed by atoms with Crippen LogP contribution in [0.25, 0.3) is 5.69 Å². The Morgan fingerprint density at radius 2 is 1.97 bits per heavy atom. The summed E-state index contributed by atoms with van der Waals surface area (Å²) >= 11 is 4.74. The van der Waals surface area contributed by atoms with E-state index < -0.39 is 5.25 Å². The fourth-order valence-electron chi connectivity index (χ4n) is 2.97. The van der Waals surface area contributed by atoms with Gasteiger partial charge in [0.2, 0.25) is 6.54 Å². The van der Waals surface area contributed by atoms with Crippen molar-refractivity contribution in [2.75, 3.05) is 20.3 Å². The molecule has 0 spiro atoms. The molecule has 3 rings (SSSR count). The largest absolute Gasteiger partial charge is 0.497 e. The van der Waals surface area contributed by atoms with Crippen LogP contribution in [-0.4, -0.2) is 39.9 Å². The molecule has 1 aromatic heterocycles. The number of halogens is 1. The van der Waals surface area contributed by atoms with E-state index in [1.165, 1.54) is 11.8 Å². The highest BCUT2D eigenvalue weighted by Crippen LogP contribution is 2.41. The van der Waals surface area contributed by atoms with Crippen molar-refractivity contribution in [3.63, 3.8) is 0 Å². The molecule has 1 atom stereocenters. The van der Waals surface area contributed by atoms with E-state index in [0.717, 1.165) is 21.5 Å². The average Bonchev–Trinajstić information content (AvgIpc) is 3.08. The van der Waals surface area contributed by atoms with Crippen LogP contribution in [0, 0.1) is 17.0 Å². The highest BCUT2D eigenvalue weighted by molar-refractivity contribution is 9.10. The van der Waals surface area contributed by atoms with Crippen LogP contribution < -0.4 is 9.47 Å². The summed E-state index contributed by atoms with van der Waals surface area (Å²) in [5, 5.41) is 20.0. The van der Waals surface area contributed by atoms with E-state index in [9.17, 15) is 10.1 Å². The molecule has 10 heteroatoms. The van der Waals surface area contributed by atoms with Crippen LogP contribution in [0.15, 0.2) is 52.1 Å². The standard InChI is InChI=1S/C20H21BrN4O4S/c1-4-29-18-10-5-14(21)11-17(18)19(12-24(26)27)30-20-23-22-13(2)25(20)15-6-8-16(28-3)9-7-15/h5-11,19H,4,12H2,1-3H3/t19-/m0/s1. The van der Waals surface area contributed by atoms with Gasteiger partial charge in [-0.05, 0) is 56.3 Å². The lowest BCUT2D eigenvalue weighted by atomic mass is 10.1. The lowest BCUT2D eigenvalue weighted by molar-refractivity contribution is -0.479. The van der Waals surface area contributed by atoms with Crippen LogP contribution in [0.1, 0.15) is 23.6 Å². The first-order valence-corrected chi connectivity index (χ1v) is 10.9. The summed E-state index contributed by atoms with van der Waals surface area (Å²) in [5.41, 5.74) is 1.58. The summed E-state index contributed by atoms with van der Waals surface area (Å²) < 4.78 is 13.6. The molecule has 0 amide bonds. The van der Waals surface area contributed by atoms with E-state index in [4.69, 9.17) is 9.47 Å². The van der Waals surface area contributed by atoms with Crippen molar-refractivity contribution in [2.45, 2.75) is 24.3 Å². The Kier molecular flexibility index (Phi) is 7.33. The molecule has 0 N–H and O–H groups in total. The number of aryl methyl sites for hydroxylation is 1. The lowest BCUT2D eigenvalue weighted by Gasteiger charge is -2.18. The topological polar surface area (TPSA) is 92.3 Å². The maximum Gasteiger partial charge on any atom is 0.220 e. The average molecular weight is 493 g/mol. The van der Waals surface area contributed by atoms with Crippen molar-refractivity contribution in [3.05, 3.63) is 68.4 Å². The van der Waals surface area contributed by atoms with Gasteiger partial charge in [0.15, 0.2) is 5.16 Å². The molecule has 30 heavy (non-hydrogen) atoms. The van der Waals surface area contributed by atoms with E-state index in [2.05, 4.69) is 26.1 Å². The molecule has 0 aliphatic rings. The van der Waals surface area contributed by atoms with Gasteiger partial charge in [0.05, 0.1) is 13.7 Å². The first-order chi connectivity index (χ1) is 14.4. The van der Waals surface area contributed by atoms with Gasteiger partial charge in [-0.1, -0.05) is 27.7 Å². The third-order valence-electron chi connectivity index (χ3n) is 4.31. The van der Waals surface area contributed by atoms with Crippen molar-refractivity contribution in [1.29, 1.82) is 0 Å². The number of hydrogen-bond donors (Lipinski definition) is 0. The van der Waals surface area contributed by atoms with Gasteiger partial charge in [0.25, 0.3) is 0 Å². The molecule has 0 saturated carbocycles. The summed E-state index contributed by atoms with van der Waals surface area (Å²) in [6.45, 7) is 3.90. The molecule has 0 saturated heterocycles. The molecule has 0 radical (unpaired) electrons. The Morgan fingerprint density at radius 3 is 2.60 bits per heavy atom. The number of methoxy groups -OCH3 is 1. The van der Waals surface area contributed by atoms with Crippen LogP contribution in [0.3, 0.4) is 0 Å². The predicted octanol–water partition coefficient (Wildman–Crippen LogP) is 4.86. The summed E-state index contributed by atoms with van der Waals surface area (Å²) in [6.07, 6.45) is 0. The van der Waals surface area contributed by atoms with Gasteiger partial charge in [-0.15, -0.1) is 10.2 Å². The molecule has 3 aromatic rings. The van der Waals surface area contributed by atoms with E-state index in [-0.39, 0.29) is 11.5 Å². The molecule has 0 aliphatic carbocycles. The number of ether oxygens (including phenoxy) is 2. The number of rotatable bonds is 9. The van der Waals surface area contributed by atoms with Gasteiger partial charge < -0.3 is 9.47 Å². The lowest BCUT2D eigenvalue weighted by Crippen LogP contribution is -2.12. The second-order valence-corrected chi connectivity index (χ2v) is 8.39. The zero-order valence-electron chi connectivity index (χ0n) is 16.7. The minimum absolute atomic E-state index is 0.282. The van der Waals surface area contributed by atoms with E-state index >= 15 is 0 Å².